The van der Waals surface area contributed by atoms with E-state index in [-0.39, 0.29) is 5.56 Å². The minimum absolute atomic E-state index is 0.220. The number of ketones is 1. The van der Waals surface area contributed by atoms with Gasteiger partial charge in [-0.3, -0.25) is 14.9 Å². The van der Waals surface area contributed by atoms with Gasteiger partial charge in [0.2, 0.25) is 0 Å². The quantitative estimate of drug-likeness (QED) is 0.363. The Morgan fingerprint density at radius 3 is 2.23 bits per heavy atom. The molecule has 0 N–H and O–H groups in total. The second-order valence-electron chi connectivity index (χ2n) is 4.40. The molecule has 112 valence electrons. The van der Waals surface area contributed by atoms with Crippen LogP contribution in [0.2, 0.25) is 5.02 Å². The van der Waals surface area contributed by atoms with E-state index in [1.807, 2.05) is 0 Å². The molecular formula is C16H12ClNO4. The van der Waals surface area contributed by atoms with Crippen LogP contribution in [0.1, 0.15) is 15.9 Å². The number of allylic oxidation sites excluding steroid dienone is 1. The third-order valence-corrected chi connectivity index (χ3v) is 3.21. The van der Waals surface area contributed by atoms with Crippen molar-refractivity contribution in [3.05, 3.63) is 80.5 Å². The molecule has 0 aromatic heterocycles. The van der Waals surface area contributed by atoms with Gasteiger partial charge < -0.3 is 4.74 Å². The minimum atomic E-state index is -0.693. The fraction of sp³-hybridized carbons (Fsp3) is 0.0625. The normalized spacial score (nSPS) is 11.1. The van der Waals surface area contributed by atoms with E-state index in [1.165, 1.54) is 25.3 Å². The molecule has 0 fully saturated rings. The Morgan fingerprint density at radius 1 is 1.14 bits per heavy atom. The number of methoxy groups -OCH3 is 1. The van der Waals surface area contributed by atoms with Crippen molar-refractivity contribution in [1.29, 1.82) is 0 Å². The van der Waals surface area contributed by atoms with Gasteiger partial charge in [-0.1, -0.05) is 23.7 Å². The van der Waals surface area contributed by atoms with Gasteiger partial charge in [0.15, 0.2) is 0 Å². The average Bonchev–Trinajstić information content (AvgIpc) is 2.53. The molecule has 0 aliphatic carbocycles. The molecule has 0 saturated heterocycles. The van der Waals surface area contributed by atoms with Crippen LogP contribution in [0, 0.1) is 10.1 Å². The predicted molar refractivity (Wildman–Crippen MR) is 83.7 cm³/mol. The number of ether oxygens (including phenoxy) is 1. The Kier molecular flexibility index (Phi) is 4.91. The Bertz CT molecular complexity index is 721. The van der Waals surface area contributed by atoms with Crippen LogP contribution < -0.4 is 4.74 Å². The van der Waals surface area contributed by atoms with Gasteiger partial charge in [-0.2, -0.15) is 0 Å². The van der Waals surface area contributed by atoms with Crippen molar-refractivity contribution in [2.24, 2.45) is 0 Å². The Labute approximate surface area is 131 Å². The lowest BCUT2D eigenvalue weighted by atomic mass is 10.1. The van der Waals surface area contributed by atoms with Crippen LogP contribution >= 0.6 is 11.6 Å². The zero-order valence-corrected chi connectivity index (χ0v) is 12.4. The predicted octanol–water partition coefficient (Wildman–Crippen LogP) is 3.85. The number of carbonyl (C=O) groups is 1. The number of carbonyl (C=O) groups excluding carboxylic acids is 1. The van der Waals surface area contributed by atoms with Gasteiger partial charge in [-0.05, 0) is 42.0 Å². The smallest absolute Gasteiger partial charge is 0.317 e. The lowest BCUT2D eigenvalue weighted by Crippen LogP contribution is -2.11. The van der Waals surface area contributed by atoms with Crippen LogP contribution in [0.15, 0.2) is 54.2 Å². The van der Waals surface area contributed by atoms with E-state index in [4.69, 9.17) is 16.3 Å². The highest BCUT2D eigenvalue weighted by atomic mass is 35.5. The molecule has 22 heavy (non-hydrogen) atoms. The van der Waals surface area contributed by atoms with E-state index in [9.17, 15) is 14.9 Å². The molecule has 0 aliphatic rings. The first-order valence-corrected chi connectivity index (χ1v) is 6.69. The van der Waals surface area contributed by atoms with Crippen molar-refractivity contribution in [1.82, 2.24) is 0 Å². The maximum Gasteiger partial charge on any atom is 0.317 e. The summed E-state index contributed by atoms with van der Waals surface area (Å²) in [7, 11) is 1.50. The molecule has 6 heteroatoms. The number of benzene rings is 2. The molecule has 2 aromatic rings. The van der Waals surface area contributed by atoms with Crippen LogP contribution in [0.3, 0.4) is 0 Å². The fourth-order valence-corrected chi connectivity index (χ4v) is 1.93. The number of nitrogens with zero attached hydrogens (tertiary/aromatic N) is 1. The summed E-state index contributed by atoms with van der Waals surface area (Å²) in [6.45, 7) is 0. The van der Waals surface area contributed by atoms with E-state index >= 15 is 0 Å². The van der Waals surface area contributed by atoms with Crippen molar-refractivity contribution in [3.63, 3.8) is 0 Å². The van der Waals surface area contributed by atoms with E-state index in [1.54, 1.807) is 36.4 Å². The van der Waals surface area contributed by atoms with Crippen molar-refractivity contribution in [3.8, 4) is 5.75 Å². The first-order chi connectivity index (χ1) is 10.5. The first kappa shape index (κ1) is 15.7. The molecular weight excluding hydrogens is 306 g/mol. The monoisotopic (exact) mass is 317 g/mol. The van der Waals surface area contributed by atoms with E-state index < -0.39 is 16.4 Å². The van der Waals surface area contributed by atoms with Crippen LogP contribution in [-0.4, -0.2) is 17.8 Å². The van der Waals surface area contributed by atoms with Gasteiger partial charge in [0.1, 0.15) is 5.75 Å². The zero-order chi connectivity index (χ0) is 16.1. The molecule has 0 amide bonds. The summed E-state index contributed by atoms with van der Waals surface area (Å²) < 4.78 is 4.99. The summed E-state index contributed by atoms with van der Waals surface area (Å²) in [5.74, 6) is -0.0940. The van der Waals surface area contributed by atoms with Gasteiger partial charge in [0, 0.05) is 16.7 Å². The largest absolute Gasteiger partial charge is 0.497 e. The molecule has 0 saturated carbocycles. The van der Waals surface area contributed by atoms with Crippen molar-refractivity contribution in [2.75, 3.05) is 7.11 Å². The summed E-state index contributed by atoms with van der Waals surface area (Å²) in [5, 5.41) is 11.7. The lowest BCUT2D eigenvalue weighted by molar-refractivity contribution is -0.415. The van der Waals surface area contributed by atoms with Crippen molar-refractivity contribution in [2.45, 2.75) is 0 Å². The SMILES string of the molecule is COc1ccc(C(=O)C(=Cc2ccc(Cl)cc2)[N+](=O)[O-])cc1. The van der Waals surface area contributed by atoms with Crippen LogP contribution in [0.5, 0.6) is 5.75 Å². The molecule has 5 nitrogen and oxygen atoms in total. The maximum atomic E-state index is 12.3. The molecule has 0 heterocycles. The Balaban J connectivity index is 2.36. The molecule has 0 radical (unpaired) electrons. The average molecular weight is 318 g/mol. The second kappa shape index (κ2) is 6.87. The topological polar surface area (TPSA) is 69.4 Å². The third-order valence-electron chi connectivity index (χ3n) is 2.95. The van der Waals surface area contributed by atoms with E-state index in [0.717, 1.165) is 0 Å². The molecule has 0 spiro atoms. The van der Waals surface area contributed by atoms with E-state index in [0.29, 0.717) is 16.3 Å². The molecule has 0 aliphatic heterocycles. The Morgan fingerprint density at radius 2 is 1.73 bits per heavy atom. The van der Waals surface area contributed by atoms with Gasteiger partial charge in [-0.15, -0.1) is 0 Å². The number of rotatable bonds is 5. The summed E-state index contributed by atoms with van der Waals surface area (Å²) >= 11 is 5.76. The van der Waals surface area contributed by atoms with E-state index in [2.05, 4.69) is 0 Å². The summed E-state index contributed by atoms with van der Waals surface area (Å²) in [6.07, 6.45) is 1.23. The third kappa shape index (κ3) is 3.71. The van der Waals surface area contributed by atoms with Gasteiger partial charge in [0.05, 0.1) is 12.0 Å². The summed E-state index contributed by atoms with van der Waals surface area (Å²) in [5.41, 5.74) is 0.239. The molecule has 0 bridgehead atoms. The zero-order valence-electron chi connectivity index (χ0n) is 11.7. The standard InChI is InChI=1S/C16H12ClNO4/c1-22-14-8-4-12(5-9-14)16(19)15(18(20)21)10-11-2-6-13(17)7-3-11/h2-10H,1H3. The summed E-state index contributed by atoms with van der Waals surface area (Å²) in [4.78, 5) is 22.8. The van der Waals surface area contributed by atoms with Crippen LogP contribution in [-0.2, 0) is 0 Å². The number of nitro groups is 1. The number of Topliss-reactive ketones (excluding diaryl/α,β-unsaturated/α-hetero) is 1. The first-order valence-electron chi connectivity index (χ1n) is 6.31. The molecule has 0 unspecified atom stereocenters. The van der Waals surface area contributed by atoms with Gasteiger partial charge in [-0.25, -0.2) is 0 Å². The van der Waals surface area contributed by atoms with Crippen LogP contribution in [0.25, 0.3) is 6.08 Å². The lowest BCUT2D eigenvalue weighted by Gasteiger charge is -2.02. The molecule has 0 atom stereocenters. The molecule has 2 rings (SSSR count). The molecule has 2 aromatic carbocycles. The number of hydrogen-bond donors (Lipinski definition) is 0. The highest BCUT2D eigenvalue weighted by molar-refractivity contribution is 6.30. The van der Waals surface area contributed by atoms with Crippen molar-refractivity contribution < 1.29 is 14.5 Å². The van der Waals surface area contributed by atoms with Crippen molar-refractivity contribution >= 4 is 23.5 Å². The Hall–Kier alpha value is -2.66. The van der Waals surface area contributed by atoms with Crippen LogP contribution in [0.4, 0.5) is 0 Å². The fourth-order valence-electron chi connectivity index (χ4n) is 1.81. The highest BCUT2D eigenvalue weighted by Gasteiger charge is 2.23. The maximum absolute atomic E-state index is 12.3. The number of halogens is 1. The summed E-state index contributed by atoms with van der Waals surface area (Å²) in [6, 6.07) is 12.5. The highest BCUT2D eigenvalue weighted by Crippen LogP contribution is 2.18. The van der Waals surface area contributed by atoms with Gasteiger partial charge >= 0.3 is 5.70 Å². The number of hydrogen-bond acceptors (Lipinski definition) is 4. The second-order valence-corrected chi connectivity index (χ2v) is 4.83. The minimum Gasteiger partial charge on any atom is -0.497 e. The van der Waals surface area contributed by atoms with Gasteiger partial charge in [0.25, 0.3) is 5.78 Å².